The minimum atomic E-state index is -1.13. The average Bonchev–Trinajstić information content (AvgIpc) is 3.30. The highest BCUT2D eigenvalue weighted by Crippen LogP contribution is 2.14. The maximum absolute atomic E-state index is 12.8. The predicted octanol–water partition coefficient (Wildman–Crippen LogP) is 14.9. The number of esters is 2. The Hall–Kier alpha value is -3.75. The number of quaternary nitrogens is 1. The number of rotatable bonds is 48. The van der Waals surface area contributed by atoms with E-state index in [1.54, 1.807) is 21.1 Å². The fraction of sp³-hybridized carbons (Fsp3) is 0.683. The Morgan fingerprint density at radius 3 is 1.24 bits per heavy atom. The van der Waals surface area contributed by atoms with Gasteiger partial charge < -0.3 is 28.6 Å². The molecule has 0 N–H and O–H groups in total. The van der Waals surface area contributed by atoms with E-state index in [1.807, 2.05) is 0 Å². The van der Waals surface area contributed by atoms with Crippen LogP contribution in [-0.4, -0.2) is 75.5 Å². The minimum Gasteiger partial charge on any atom is -0.544 e. The van der Waals surface area contributed by atoms with Gasteiger partial charge in [-0.1, -0.05) is 195 Å². The highest BCUT2D eigenvalue weighted by molar-refractivity contribution is 5.70. The lowest BCUT2D eigenvalue weighted by atomic mass is 10.1. The lowest BCUT2D eigenvalue weighted by Crippen LogP contribution is -2.55. The van der Waals surface area contributed by atoms with Crippen molar-refractivity contribution in [2.24, 2.45) is 0 Å². The maximum Gasteiger partial charge on any atom is 0.306 e. The maximum atomic E-state index is 12.8. The molecule has 388 valence electrons. The van der Waals surface area contributed by atoms with E-state index in [2.05, 4.69) is 111 Å². The standard InChI is InChI=1S/C60H101NO7/c1-6-8-10-12-14-16-18-20-22-24-26-28-30-32-34-36-38-40-42-44-46-48-50-58(62)67-55-56(54-66-53-52-57(60(64)65)61(3,4)5)68-59(63)51-49-47-45-43-41-39-37-35-33-31-29-27-25-23-21-19-17-15-13-11-9-7-2/h8,10,14,16,20,22,25-28,31-34,38,40,56-57H,6-7,9,11-13,15,17-19,21,23-24,29-30,35-37,39,41-55H2,1-5H3/b10-8+,16-14+,22-20+,27-25+,28-26+,33-31+,34-32+,40-38+. The highest BCUT2D eigenvalue weighted by Gasteiger charge is 2.25. The smallest absolute Gasteiger partial charge is 0.306 e. The van der Waals surface area contributed by atoms with Crippen molar-refractivity contribution in [3.8, 4) is 0 Å². The second kappa shape index (κ2) is 49.7. The third kappa shape index (κ3) is 47.3. The van der Waals surface area contributed by atoms with Gasteiger partial charge in [0, 0.05) is 19.3 Å². The summed E-state index contributed by atoms with van der Waals surface area (Å²) in [5, 5.41) is 11.7. The average molecular weight is 948 g/mol. The van der Waals surface area contributed by atoms with Crippen molar-refractivity contribution < 1.29 is 38.2 Å². The van der Waals surface area contributed by atoms with Gasteiger partial charge in [-0.05, 0) is 96.3 Å². The monoisotopic (exact) mass is 948 g/mol. The first-order valence-electron chi connectivity index (χ1n) is 27.3. The number of allylic oxidation sites excluding steroid dienone is 16. The number of aliphatic carboxylic acids is 1. The molecular formula is C60H101NO7. The molecule has 0 bridgehead atoms. The van der Waals surface area contributed by atoms with Crippen LogP contribution in [0.2, 0.25) is 0 Å². The largest absolute Gasteiger partial charge is 0.544 e. The Labute approximate surface area is 417 Å². The zero-order chi connectivity index (χ0) is 49.9. The van der Waals surface area contributed by atoms with Crippen molar-refractivity contribution in [1.29, 1.82) is 0 Å². The second-order valence-corrected chi connectivity index (χ2v) is 19.1. The van der Waals surface area contributed by atoms with Crippen molar-refractivity contribution in [1.82, 2.24) is 0 Å². The summed E-state index contributed by atoms with van der Waals surface area (Å²) in [4.78, 5) is 37.1. The number of hydrogen-bond acceptors (Lipinski definition) is 7. The lowest BCUT2D eigenvalue weighted by Gasteiger charge is -2.34. The summed E-state index contributed by atoms with van der Waals surface area (Å²) in [6, 6.07) is -0.739. The molecule has 0 saturated heterocycles. The summed E-state index contributed by atoms with van der Waals surface area (Å²) in [6.07, 6.45) is 67.3. The van der Waals surface area contributed by atoms with E-state index < -0.39 is 18.1 Å². The molecule has 0 aromatic heterocycles. The molecule has 68 heavy (non-hydrogen) atoms. The molecule has 0 amide bonds. The summed E-state index contributed by atoms with van der Waals surface area (Å²) >= 11 is 0. The van der Waals surface area contributed by atoms with Crippen LogP contribution in [0.5, 0.6) is 0 Å². The fourth-order valence-electron chi connectivity index (χ4n) is 7.52. The molecule has 0 saturated carbocycles. The number of carboxylic acids is 1. The zero-order valence-electron chi connectivity index (χ0n) is 44.2. The summed E-state index contributed by atoms with van der Waals surface area (Å²) < 4.78 is 17.2. The van der Waals surface area contributed by atoms with Gasteiger partial charge in [-0.25, -0.2) is 0 Å². The van der Waals surface area contributed by atoms with E-state index in [4.69, 9.17) is 14.2 Å². The molecule has 0 aliphatic carbocycles. The molecule has 0 aromatic carbocycles. The molecular weight excluding hydrogens is 847 g/mol. The molecule has 0 radical (unpaired) electrons. The first-order chi connectivity index (χ1) is 33.1. The van der Waals surface area contributed by atoms with Crippen LogP contribution in [0.4, 0.5) is 0 Å². The Balaban J connectivity index is 4.32. The van der Waals surface area contributed by atoms with Crippen LogP contribution in [0, 0.1) is 0 Å². The van der Waals surface area contributed by atoms with Crippen LogP contribution in [0.15, 0.2) is 97.2 Å². The Morgan fingerprint density at radius 2 is 0.824 bits per heavy atom. The first kappa shape index (κ1) is 64.2. The summed E-state index contributed by atoms with van der Waals surface area (Å²) in [5.74, 6) is -1.79. The van der Waals surface area contributed by atoms with Crippen LogP contribution in [0.25, 0.3) is 0 Å². The third-order valence-electron chi connectivity index (χ3n) is 11.7. The van der Waals surface area contributed by atoms with Crippen LogP contribution in [0.1, 0.15) is 213 Å². The first-order valence-corrected chi connectivity index (χ1v) is 27.3. The van der Waals surface area contributed by atoms with Gasteiger partial charge in [0.15, 0.2) is 6.10 Å². The van der Waals surface area contributed by atoms with Crippen molar-refractivity contribution in [2.45, 2.75) is 225 Å². The van der Waals surface area contributed by atoms with Gasteiger partial charge in [-0.15, -0.1) is 0 Å². The van der Waals surface area contributed by atoms with E-state index in [1.165, 1.54) is 77.0 Å². The molecule has 2 unspecified atom stereocenters. The normalized spacial score (nSPS) is 13.6. The van der Waals surface area contributed by atoms with E-state index in [9.17, 15) is 19.5 Å². The molecule has 8 heteroatoms. The third-order valence-corrected chi connectivity index (χ3v) is 11.7. The number of carbonyl (C=O) groups excluding carboxylic acids is 3. The molecule has 0 aliphatic rings. The van der Waals surface area contributed by atoms with Crippen LogP contribution in [-0.2, 0) is 28.6 Å². The van der Waals surface area contributed by atoms with E-state index in [0.29, 0.717) is 12.8 Å². The van der Waals surface area contributed by atoms with Crippen molar-refractivity contribution in [2.75, 3.05) is 41.0 Å². The van der Waals surface area contributed by atoms with Gasteiger partial charge in [0.1, 0.15) is 12.6 Å². The Kier molecular flexibility index (Phi) is 46.9. The highest BCUT2D eigenvalue weighted by atomic mass is 16.6. The molecule has 2 atom stereocenters. The lowest BCUT2D eigenvalue weighted by molar-refractivity contribution is -0.889. The number of ether oxygens (including phenoxy) is 3. The van der Waals surface area contributed by atoms with Crippen LogP contribution >= 0.6 is 0 Å². The SMILES string of the molecule is CC/C=C/C/C=C/C/C=C/C/C=C/C/C=C/C/C=C/CCCCCC(=O)OCC(COCCC(C(=O)[O-])[N+](C)(C)C)OC(=O)CCCCCCCCC/C=C/C/C=C/CCCCCCCCCC. The number of likely N-dealkylation sites (N-methyl/N-ethyl adjacent to an activating group) is 1. The van der Waals surface area contributed by atoms with E-state index >= 15 is 0 Å². The molecule has 0 aromatic rings. The van der Waals surface area contributed by atoms with Crippen LogP contribution < -0.4 is 5.11 Å². The summed E-state index contributed by atoms with van der Waals surface area (Å²) in [7, 11) is 5.40. The number of hydrogen-bond donors (Lipinski definition) is 0. The molecule has 0 heterocycles. The van der Waals surface area contributed by atoms with Gasteiger partial charge >= 0.3 is 11.9 Å². The Bertz CT molecular complexity index is 1430. The van der Waals surface area contributed by atoms with Gasteiger partial charge in [0.2, 0.25) is 0 Å². The molecule has 0 fully saturated rings. The van der Waals surface area contributed by atoms with Crippen molar-refractivity contribution in [3.05, 3.63) is 97.2 Å². The fourth-order valence-corrected chi connectivity index (χ4v) is 7.52. The van der Waals surface area contributed by atoms with Crippen LogP contribution in [0.3, 0.4) is 0 Å². The molecule has 0 spiro atoms. The second-order valence-electron chi connectivity index (χ2n) is 19.1. The molecule has 0 rings (SSSR count). The topological polar surface area (TPSA) is 102 Å². The van der Waals surface area contributed by atoms with Gasteiger partial charge in [-0.2, -0.15) is 0 Å². The molecule has 0 aliphatic heterocycles. The van der Waals surface area contributed by atoms with Gasteiger partial charge in [0.05, 0.1) is 40.3 Å². The quantitative estimate of drug-likeness (QED) is 0.0259. The summed E-state index contributed by atoms with van der Waals surface area (Å²) in [5.41, 5.74) is 0. The van der Waals surface area contributed by atoms with E-state index in [0.717, 1.165) is 103 Å². The molecule has 8 nitrogen and oxygen atoms in total. The van der Waals surface area contributed by atoms with Gasteiger partial charge in [-0.3, -0.25) is 9.59 Å². The number of unbranched alkanes of at least 4 members (excludes halogenated alkanes) is 18. The number of carboxylic acid groups (broad SMARTS) is 1. The van der Waals surface area contributed by atoms with Crippen molar-refractivity contribution in [3.63, 3.8) is 0 Å². The zero-order valence-corrected chi connectivity index (χ0v) is 44.2. The predicted molar refractivity (Wildman–Crippen MR) is 286 cm³/mol. The minimum absolute atomic E-state index is 0.0210. The van der Waals surface area contributed by atoms with Crippen molar-refractivity contribution >= 4 is 17.9 Å². The van der Waals surface area contributed by atoms with Gasteiger partial charge in [0.25, 0.3) is 0 Å². The number of carbonyl (C=O) groups is 3. The Morgan fingerprint density at radius 1 is 0.456 bits per heavy atom. The summed E-state index contributed by atoms with van der Waals surface area (Å²) in [6.45, 7) is 4.51. The number of nitrogens with zero attached hydrogens (tertiary/aromatic N) is 1. The van der Waals surface area contributed by atoms with E-state index in [-0.39, 0.29) is 42.7 Å².